The lowest BCUT2D eigenvalue weighted by atomic mass is 10.1. The van der Waals surface area contributed by atoms with Crippen molar-refractivity contribution in [3.63, 3.8) is 0 Å². The predicted octanol–water partition coefficient (Wildman–Crippen LogP) is 2.82. The van der Waals surface area contributed by atoms with Crippen LogP contribution in [0.1, 0.15) is 21.5 Å². The van der Waals surface area contributed by atoms with Crippen LogP contribution in [0.4, 0.5) is 0 Å². The minimum absolute atomic E-state index is 0.00984. The van der Waals surface area contributed by atoms with E-state index in [2.05, 4.69) is 0 Å². The van der Waals surface area contributed by atoms with Crippen molar-refractivity contribution in [1.82, 2.24) is 0 Å². The first-order chi connectivity index (χ1) is 12.4. The summed E-state index contributed by atoms with van der Waals surface area (Å²) < 4.78 is 5.43. The van der Waals surface area contributed by atoms with E-state index in [9.17, 15) is 4.79 Å². The molecule has 0 fully saturated rings. The molecule has 0 saturated carbocycles. The van der Waals surface area contributed by atoms with Gasteiger partial charge in [-0.2, -0.15) is 0 Å². The smallest absolute Gasteiger partial charge is 0.343 e. The zero-order valence-corrected chi connectivity index (χ0v) is 14.0. The van der Waals surface area contributed by atoms with Crippen molar-refractivity contribution in [2.75, 3.05) is 0 Å². The molecule has 130 valence electrons. The molecule has 0 radical (unpaired) electrons. The molecule has 26 heavy (non-hydrogen) atoms. The molecule has 0 aliphatic heterocycles. The van der Waals surface area contributed by atoms with E-state index in [0.717, 1.165) is 16.3 Å². The number of carbonyl (C=O) groups is 1. The molecule has 0 unspecified atom stereocenters. The molecule has 6 heteroatoms. The number of hydrogen-bond donors (Lipinski definition) is 4. The van der Waals surface area contributed by atoms with Gasteiger partial charge in [0.25, 0.3) is 0 Å². The van der Waals surface area contributed by atoms with Crippen molar-refractivity contribution < 1.29 is 9.53 Å². The standard InChI is InChI=1S/C20H18N4O2/c21-18(22)9-12-1-3-13(4-2-12)20(25)26-17-8-7-14-10-16(19(23)24)6-5-15(14)11-17/h1-8,10-11H,9H2,(H3,21,22)(H3,23,24). The fourth-order valence-electron chi connectivity index (χ4n) is 2.60. The van der Waals surface area contributed by atoms with E-state index in [0.29, 0.717) is 23.3 Å². The highest BCUT2D eigenvalue weighted by molar-refractivity contribution is 5.99. The first kappa shape index (κ1) is 17.2. The van der Waals surface area contributed by atoms with Gasteiger partial charge < -0.3 is 16.2 Å². The maximum absolute atomic E-state index is 12.3. The third kappa shape index (κ3) is 3.87. The Hall–Kier alpha value is -3.67. The largest absolute Gasteiger partial charge is 0.423 e. The summed E-state index contributed by atoms with van der Waals surface area (Å²) in [6.45, 7) is 0. The Labute approximate surface area is 150 Å². The molecule has 0 heterocycles. The van der Waals surface area contributed by atoms with Crippen LogP contribution in [0, 0.1) is 10.8 Å². The van der Waals surface area contributed by atoms with Gasteiger partial charge >= 0.3 is 5.97 Å². The van der Waals surface area contributed by atoms with E-state index < -0.39 is 5.97 Å². The molecule has 0 aromatic heterocycles. The lowest BCUT2D eigenvalue weighted by Gasteiger charge is -2.07. The van der Waals surface area contributed by atoms with Gasteiger partial charge in [-0.15, -0.1) is 0 Å². The van der Waals surface area contributed by atoms with Gasteiger partial charge in [0.1, 0.15) is 11.6 Å². The second-order valence-corrected chi connectivity index (χ2v) is 5.93. The molecule has 6 nitrogen and oxygen atoms in total. The number of amidine groups is 2. The van der Waals surface area contributed by atoms with Crippen molar-refractivity contribution in [2.45, 2.75) is 6.42 Å². The molecule has 0 amide bonds. The van der Waals surface area contributed by atoms with Crippen LogP contribution in [0.25, 0.3) is 10.8 Å². The predicted molar refractivity (Wildman–Crippen MR) is 102 cm³/mol. The van der Waals surface area contributed by atoms with Gasteiger partial charge in [0.2, 0.25) is 0 Å². The van der Waals surface area contributed by atoms with E-state index >= 15 is 0 Å². The fourth-order valence-corrected chi connectivity index (χ4v) is 2.60. The molecule has 3 aromatic rings. The Morgan fingerprint density at radius 2 is 1.46 bits per heavy atom. The van der Waals surface area contributed by atoms with Crippen molar-refractivity contribution in [3.8, 4) is 5.75 Å². The summed E-state index contributed by atoms with van der Waals surface area (Å²) in [5, 5.41) is 16.6. The second kappa shape index (κ2) is 7.06. The minimum atomic E-state index is -0.459. The zero-order valence-electron chi connectivity index (χ0n) is 14.0. The molecule has 3 rings (SSSR count). The van der Waals surface area contributed by atoms with Gasteiger partial charge in [0.05, 0.1) is 11.4 Å². The average Bonchev–Trinajstić information content (AvgIpc) is 2.61. The number of nitrogen functional groups attached to an aromatic ring is 1. The summed E-state index contributed by atoms with van der Waals surface area (Å²) in [5.41, 5.74) is 12.8. The van der Waals surface area contributed by atoms with Gasteiger partial charge in [-0.3, -0.25) is 10.8 Å². The van der Waals surface area contributed by atoms with Gasteiger partial charge in [0, 0.05) is 12.0 Å². The van der Waals surface area contributed by atoms with Gasteiger partial charge in [-0.25, -0.2) is 4.79 Å². The van der Waals surface area contributed by atoms with Gasteiger partial charge in [0.15, 0.2) is 0 Å². The Morgan fingerprint density at radius 3 is 2.12 bits per heavy atom. The summed E-state index contributed by atoms with van der Waals surface area (Å²) in [5.74, 6) is 0.0602. The average molecular weight is 346 g/mol. The van der Waals surface area contributed by atoms with Crippen LogP contribution in [-0.2, 0) is 6.42 Å². The zero-order chi connectivity index (χ0) is 18.7. The quantitative estimate of drug-likeness (QED) is 0.245. The van der Waals surface area contributed by atoms with Crippen LogP contribution in [-0.4, -0.2) is 17.6 Å². The van der Waals surface area contributed by atoms with Gasteiger partial charge in [-0.1, -0.05) is 30.3 Å². The van der Waals surface area contributed by atoms with E-state index in [-0.39, 0.29) is 11.7 Å². The van der Waals surface area contributed by atoms with Crippen molar-refractivity contribution in [3.05, 3.63) is 77.4 Å². The molecular weight excluding hydrogens is 328 g/mol. The van der Waals surface area contributed by atoms with E-state index in [1.54, 1.807) is 42.5 Å². The maximum Gasteiger partial charge on any atom is 0.343 e. The fraction of sp³-hybridized carbons (Fsp3) is 0.0500. The highest BCUT2D eigenvalue weighted by atomic mass is 16.5. The number of nitrogens with one attached hydrogen (secondary N) is 2. The first-order valence-electron chi connectivity index (χ1n) is 7.94. The Kier molecular flexibility index (Phi) is 4.66. The van der Waals surface area contributed by atoms with Gasteiger partial charge in [-0.05, 0) is 46.7 Å². The Morgan fingerprint density at radius 1 is 0.846 bits per heavy atom. The van der Waals surface area contributed by atoms with Crippen molar-refractivity contribution in [2.24, 2.45) is 11.5 Å². The summed E-state index contributed by atoms with van der Waals surface area (Å²) in [6, 6.07) is 17.5. The third-order valence-electron chi connectivity index (χ3n) is 3.92. The lowest BCUT2D eigenvalue weighted by molar-refractivity contribution is 0.0735. The SMILES string of the molecule is N=C(N)Cc1ccc(C(=O)Oc2ccc3cc(C(=N)N)ccc3c2)cc1. The lowest BCUT2D eigenvalue weighted by Crippen LogP contribution is -2.13. The number of carbonyl (C=O) groups excluding carboxylic acids is 1. The Balaban J connectivity index is 1.77. The Bertz CT molecular complexity index is 1010. The highest BCUT2D eigenvalue weighted by Crippen LogP contribution is 2.23. The number of rotatable bonds is 5. The van der Waals surface area contributed by atoms with E-state index in [1.807, 2.05) is 18.2 Å². The maximum atomic E-state index is 12.3. The number of nitrogens with two attached hydrogens (primary N) is 2. The molecule has 0 bridgehead atoms. The summed E-state index contributed by atoms with van der Waals surface area (Å²) in [4.78, 5) is 12.3. The molecule has 0 aliphatic rings. The molecule has 0 saturated heterocycles. The number of fused-ring (bicyclic) bond motifs is 1. The first-order valence-corrected chi connectivity index (χ1v) is 7.94. The van der Waals surface area contributed by atoms with Crippen molar-refractivity contribution >= 4 is 28.4 Å². The van der Waals surface area contributed by atoms with Crippen molar-refractivity contribution in [1.29, 1.82) is 10.8 Å². The molecule has 0 atom stereocenters. The summed E-state index contributed by atoms with van der Waals surface area (Å²) >= 11 is 0. The van der Waals surface area contributed by atoms with Crippen LogP contribution < -0.4 is 16.2 Å². The van der Waals surface area contributed by atoms with Crippen LogP contribution in [0.5, 0.6) is 5.75 Å². The topological polar surface area (TPSA) is 126 Å². The van der Waals surface area contributed by atoms with E-state index in [4.69, 9.17) is 27.0 Å². The highest BCUT2D eigenvalue weighted by Gasteiger charge is 2.10. The number of hydrogen-bond acceptors (Lipinski definition) is 4. The normalized spacial score (nSPS) is 10.5. The molecular formula is C20H18N4O2. The molecule has 0 spiro atoms. The monoisotopic (exact) mass is 346 g/mol. The van der Waals surface area contributed by atoms with Crippen LogP contribution in [0.15, 0.2) is 60.7 Å². The van der Waals surface area contributed by atoms with Crippen LogP contribution >= 0.6 is 0 Å². The molecule has 0 aliphatic carbocycles. The van der Waals surface area contributed by atoms with Crippen LogP contribution in [0.3, 0.4) is 0 Å². The second-order valence-electron chi connectivity index (χ2n) is 5.93. The van der Waals surface area contributed by atoms with Crippen LogP contribution in [0.2, 0.25) is 0 Å². The minimum Gasteiger partial charge on any atom is -0.423 e. The van der Waals surface area contributed by atoms with E-state index in [1.165, 1.54) is 0 Å². The summed E-state index contributed by atoms with van der Waals surface area (Å²) in [6.07, 6.45) is 0.349. The number of benzene rings is 3. The molecule has 6 N–H and O–H groups in total. The number of esters is 1. The third-order valence-corrected chi connectivity index (χ3v) is 3.92. The summed E-state index contributed by atoms with van der Waals surface area (Å²) in [7, 11) is 0. The number of ether oxygens (including phenoxy) is 1. The molecule has 3 aromatic carbocycles.